The molecule has 1 atom stereocenters. The van der Waals surface area contributed by atoms with Crippen LogP contribution in [0.5, 0.6) is 11.5 Å². The van der Waals surface area contributed by atoms with Crippen molar-refractivity contribution in [2.75, 3.05) is 20.9 Å². The maximum Gasteiger partial charge on any atom is 0.325 e. The van der Waals surface area contributed by atoms with E-state index in [0.717, 1.165) is 14.8 Å². The van der Waals surface area contributed by atoms with Gasteiger partial charge in [-0.3, -0.25) is 9.69 Å². The molecule has 3 heterocycles. The highest BCUT2D eigenvalue weighted by atomic mass is 32.2. The van der Waals surface area contributed by atoms with Crippen molar-refractivity contribution in [3.8, 4) is 11.5 Å². The van der Waals surface area contributed by atoms with Gasteiger partial charge >= 0.3 is 6.03 Å². The van der Waals surface area contributed by atoms with Crippen molar-refractivity contribution < 1.29 is 31.9 Å². The Bertz CT molecular complexity index is 1120. The molecule has 1 N–H and O–H groups in total. The van der Waals surface area contributed by atoms with Crippen LogP contribution in [0.2, 0.25) is 0 Å². The number of imide groups is 1. The Morgan fingerprint density at radius 3 is 2.60 bits per heavy atom. The van der Waals surface area contributed by atoms with E-state index in [-0.39, 0.29) is 30.6 Å². The number of hydrogen-bond acceptors (Lipinski definition) is 7. The molecule has 0 saturated carbocycles. The summed E-state index contributed by atoms with van der Waals surface area (Å²) in [7, 11) is -0.974. The molecule has 0 bridgehead atoms. The van der Waals surface area contributed by atoms with Crippen LogP contribution in [0.1, 0.15) is 18.2 Å². The SMILES string of the molecule is CN(C)S(=O)(=O)c1ccc(CN2C(=O)N[C@](C)(Cc3ccc4c(c3)OCO4)C2=O)o1. The fraction of sp³-hybridized carbons (Fsp3) is 0.368. The number of ether oxygens (including phenoxy) is 2. The van der Waals surface area contributed by atoms with E-state index in [9.17, 15) is 18.0 Å². The first-order valence-electron chi connectivity index (χ1n) is 9.14. The van der Waals surface area contributed by atoms with Gasteiger partial charge in [-0.05, 0) is 36.8 Å². The summed E-state index contributed by atoms with van der Waals surface area (Å²) in [6.07, 6.45) is 0.253. The number of nitrogens with zero attached hydrogens (tertiary/aromatic N) is 2. The van der Waals surface area contributed by atoms with E-state index in [1.807, 2.05) is 6.07 Å². The summed E-state index contributed by atoms with van der Waals surface area (Å²) < 4.78 is 41.3. The van der Waals surface area contributed by atoms with Crippen molar-refractivity contribution in [1.29, 1.82) is 0 Å². The highest BCUT2D eigenvalue weighted by molar-refractivity contribution is 7.88. The molecule has 2 aliphatic rings. The van der Waals surface area contributed by atoms with Crippen LogP contribution < -0.4 is 14.8 Å². The lowest BCUT2D eigenvalue weighted by molar-refractivity contribution is -0.131. The van der Waals surface area contributed by atoms with Gasteiger partial charge in [0.15, 0.2) is 11.5 Å². The van der Waals surface area contributed by atoms with E-state index in [4.69, 9.17) is 13.9 Å². The molecular weight excluding hydrogens is 414 g/mol. The van der Waals surface area contributed by atoms with Crippen LogP contribution >= 0.6 is 0 Å². The van der Waals surface area contributed by atoms with Crippen LogP contribution in [0, 0.1) is 0 Å². The van der Waals surface area contributed by atoms with Crippen LogP contribution in [0.15, 0.2) is 39.8 Å². The molecule has 3 amide bonds. The van der Waals surface area contributed by atoms with Crippen molar-refractivity contribution in [2.45, 2.75) is 30.5 Å². The van der Waals surface area contributed by atoms with E-state index >= 15 is 0 Å². The Morgan fingerprint density at radius 1 is 1.13 bits per heavy atom. The number of rotatable bonds is 6. The maximum atomic E-state index is 13.0. The van der Waals surface area contributed by atoms with Gasteiger partial charge in [0.25, 0.3) is 15.9 Å². The first-order chi connectivity index (χ1) is 14.1. The van der Waals surface area contributed by atoms with Crippen LogP contribution in [0.4, 0.5) is 4.79 Å². The summed E-state index contributed by atoms with van der Waals surface area (Å²) in [6.45, 7) is 1.61. The number of fused-ring (bicyclic) bond motifs is 1. The Labute approximate surface area is 173 Å². The standard InChI is InChI=1S/C19H21N3O7S/c1-19(9-12-4-6-14-15(8-12)28-11-27-14)17(23)22(18(24)20-19)10-13-5-7-16(29-13)30(25,26)21(2)3/h4-8H,9-11H2,1-3H3,(H,20,24)/t19-/m1/s1. The second-order valence-corrected chi connectivity index (χ2v) is 9.61. The van der Waals surface area contributed by atoms with Gasteiger partial charge in [-0.2, -0.15) is 0 Å². The minimum atomic E-state index is -3.74. The third kappa shape index (κ3) is 3.39. The van der Waals surface area contributed by atoms with Gasteiger partial charge in [0.2, 0.25) is 11.9 Å². The summed E-state index contributed by atoms with van der Waals surface area (Å²) in [5.41, 5.74) is -0.356. The lowest BCUT2D eigenvalue weighted by atomic mass is 9.92. The van der Waals surface area contributed by atoms with Crippen molar-refractivity contribution in [3.63, 3.8) is 0 Å². The third-order valence-electron chi connectivity index (χ3n) is 5.03. The molecule has 1 saturated heterocycles. The molecule has 4 rings (SSSR count). The fourth-order valence-corrected chi connectivity index (χ4v) is 4.20. The predicted molar refractivity (Wildman–Crippen MR) is 103 cm³/mol. The number of furan rings is 1. The molecule has 160 valence electrons. The Kier molecular flexibility index (Phi) is 4.74. The molecule has 2 aromatic rings. The largest absolute Gasteiger partial charge is 0.454 e. The summed E-state index contributed by atoms with van der Waals surface area (Å²) >= 11 is 0. The van der Waals surface area contributed by atoms with E-state index in [0.29, 0.717) is 11.5 Å². The molecule has 11 heteroatoms. The molecule has 2 aliphatic heterocycles. The predicted octanol–water partition coefficient (Wildman–Crippen LogP) is 1.31. The number of sulfonamides is 1. The second kappa shape index (κ2) is 7.03. The summed E-state index contributed by atoms with van der Waals surface area (Å²) in [6, 6.07) is 7.51. The first kappa shape index (κ1) is 20.2. The quantitative estimate of drug-likeness (QED) is 0.680. The number of carbonyl (C=O) groups excluding carboxylic acids is 2. The summed E-state index contributed by atoms with van der Waals surface area (Å²) in [5, 5.41) is 2.47. The van der Waals surface area contributed by atoms with Gasteiger partial charge in [0.05, 0.1) is 6.54 Å². The van der Waals surface area contributed by atoms with Crippen molar-refractivity contribution >= 4 is 22.0 Å². The van der Waals surface area contributed by atoms with Crippen LogP contribution in [-0.4, -0.2) is 56.0 Å². The zero-order chi connectivity index (χ0) is 21.7. The number of nitrogens with one attached hydrogen (secondary N) is 1. The molecule has 1 aromatic carbocycles. The van der Waals surface area contributed by atoms with E-state index < -0.39 is 27.5 Å². The van der Waals surface area contributed by atoms with E-state index in [2.05, 4.69) is 5.32 Å². The smallest absolute Gasteiger partial charge is 0.325 e. The minimum Gasteiger partial charge on any atom is -0.454 e. The van der Waals surface area contributed by atoms with Crippen molar-refractivity contribution in [3.05, 3.63) is 41.7 Å². The van der Waals surface area contributed by atoms with Crippen LogP contribution in [-0.2, 0) is 27.8 Å². The topological polar surface area (TPSA) is 118 Å². The average molecular weight is 435 g/mol. The van der Waals surface area contributed by atoms with Gasteiger partial charge in [0, 0.05) is 20.5 Å². The van der Waals surface area contributed by atoms with Gasteiger partial charge in [-0.25, -0.2) is 17.5 Å². The highest BCUT2D eigenvalue weighted by Crippen LogP contribution is 2.34. The molecule has 1 aromatic heterocycles. The molecule has 0 aliphatic carbocycles. The Balaban J connectivity index is 1.51. The van der Waals surface area contributed by atoms with Gasteiger partial charge < -0.3 is 19.2 Å². The lowest BCUT2D eigenvalue weighted by Gasteiger charge is -2.21. The molecule has 30 heavy (non-hydrogen) atoms. The number of urea groups is 1. The normalized spacial score (nSPS) is 20.9. The van der Waals surface area contributed by atoms with Gasteiger partial charge in [-0.15, -0.1) is 0 Å². The first-order valence-corrected chi connectivity index (χ1v) is 10.6. The highest BCUT2D eigenvalue weighted by Gasteiger charge is 2.48. The zero-order valence-corrected chi connectivity index (χ0v) is 17.5. The Morgan fingerprint density at radius 2 is 1.87 bits per heavy atom. The van der Waals surface area contributed by atoms with Crippen molar-refractivity contribution in [2.24, 2.45) is 0 Å². The van der Waals surface area contributed by atoms with Gasteiger partial charge in [-0.1, -0.05) is 6.07 Å². The second-order valence-electron chi connectivity index (χ2n) is 7.53. The molecule has 10 nitrogen and oxygen atoms in total. The monoisotopic (exact) mass is 435 g/mol. The van der Waals surface area contributed by atoms with Crippen molar-refractivity contribution in [1.82, 2.24) is 14.5 Å². The van der Waals surface area contributed by atoms with Crippen LogP contribution in [0.3, 0.4) is 0 Å². The number of amides is 3. The Hall–Kier alpha value is -3.05. The maximum absolute atomic E-state index is 13.0. The molecular formula is C19H21N3O7S. The average Bonchev–Trinajstić information content (AvgIpc) is 3.38. The fourth-order valence-electron chi connectivity index (χ4n) is 3.39. The van der Waals surface area contributed by atoms with Crippen LogP contribution in [0.25, 0.3) is 0 Å². The molecule has 0 radical (unpaired) electrons. The number of hydrogen-bond donors (Lipinski definition) is 1. The minimum absolute atomic E-state index is 0.147. The van der Waals surface area contributed by atoms with Gasteiger partial charge in [0.1, 0.15) is 11.3 Å². The van der Waals surface area contributed by atoms with E-state index in [1.54, 1.807) is 19.1 Å². The number of carbonyl (C=O) groups is 2. The number of benzene rings is 1. The third-order valence-corrected chi connectivity index (χ3v) is 6.72. The molecule has 1 fully saturated rings. The summed E-state index contributed by atoms with van der Waals surface area (Å²) in [5.74, 6) is 0.980. The zero-order valence-electron chi connectivity index (χ0n) is 16.7. The van der Waals surface area contributed by atoms with E-state index in [1.165, 1.54) is 26.2 Å². The molecule has 0 spiro atoms. The molecule has 0 unspecified atom stereocenters. The summed E-state index contributed by atoms with van der Waals surface area (Å²) in [4.78, 5) is 26.5. The lowest BCUT2D eigenvalue weighted by Crippen LogP contribution is -2.45.